The van der Waals surface area contributed by atoms with Crippen molar-refractivity contribution < 1.29 is 9.59 Å². The zero-order chi connectivity index (χ0) is 13.7. The van der Waals surface area contributed by atoms with Crippen LogP contribution in [-0.4, -0.2) is 30.3 Å². The third kappa shape index (κ3) is 3.35. The quantitative estimate of drug-likeness (QED) is 0.779. The Morgan fingerprint density at radius 2 is 2.17 bits per heavy atom. The van der Waals surface area contributed by atoms with E-state index < -0.39 is 0 Å². The summed E-state index contributed by atoms with van der Waals surface area (Å²) in [5, 5.41) is 2.60. The molecule has 1 aliphatic heterocycles. The normalized spacial score (nSPS) is 15.9. The topological polar surface area (TPSA) is 75.4 Å². The lowest BCUT2D eigenvalue weighted by Gasteiger charge is -2.17. The van der Waals surface area contributed by atoms with E-state index >= 15 is 0 Å². The zero-order valence-corrected chi connectivity index (χ0v) is 11.2. The van der Waals surface area contributed by atoms with Crippen LogP contribution in [0.2, 0.25) is 0 Å². The average Bonchev–Trinajstić information content (AvgIpc) is 2.47. The first-order valence-corrected chi connectivity index (χ1v) is 6.24. The molecule has 5 heteroatoms. The van der Waals surface area contributed by atoms with E-state index in [1.807, 2.05) is 13.8 Å². The van der Waals surface area contributed by atoms with Crippen LogP contribution >= 0.6 is 0 Å². The van der Waals surface area contributed by atoms with Gasteiger partial charge in [-0.2, -0.15) is 0 Å². The monoisotopic (exact) mass is 251 g/mol. The molecule has 5 nitrogen and oxygen atoms in total. The number of carbonyl (C=O) groups excluding carboxylic acids is 2. The maximum atomic E-state index is 12.0. The number of likely N-dealkylation sites (N-methyl/N-ethyl adjacent to an activating group) is 1. The van der Waals surface area contributed by atoms with Crippen LogP contribution in [0.1, 0.15) is 33.1 Å². The first kappa shape index (κ1) is 14.3. The Morgan fingerprint density at radius 1 is 1.50 bits per heavy atom. The van der Waals surface area contributed by atoms with E-state index in [9.17, 15) is 9.59 Å². The lowest BCUT2D eigenvalue weighted by atomic mass is 10.1. The predicted molar refractivity (Wildman–Crippen MR) is 70.3 cm³/mol. The number of hydrogen-bond donors (Lipinski definition) is 2. The molecule has 0 saturated heterocycles. The number of rotatable bonds is 4. The number of hydrogen-bond acceptors (Lipinski definition) is 3. The summed E-state index contributed by atoms with van der Waals surface area (Å²) in [7, 11) is 1.68. The molecule has 2 amide bonds. The number of nitrogens with one attached hydrogen (secondary N) is 1. The van der Waals surface area contributed by atoms with Crippen LogP contribution in [0.4, 0.5) is 0 Å². The maximum Gasteiger partial charge on any atom is 0.272 e. The number of amides is 2. The molecule has 3 N–H and O–H groups in total. The summed E-state index contributed by atoms with van der Waals surface area (Å²) in [4.78, 5) is 25.3. The van der Waals surface area contributed by atoms with E-state index in [0.717, 1.165) is 18.4 Å². The minimum Gasteiger partial charge on any atom is -0.397 e. The molecule has 0 saturated carbocycles. The average molecular weight is 251 g/mol. The molecule has 0 aromatic carbocycles. The van der Waals surface area contributed by atoms with Gasteiger partial charge in [0.15, 0.2) is 0 Å². The predicted octanol–water partition coefficient (Wildman–Crippen LogP) is 0.881. The minimum atomic E-state index is -0.252. The van der Waals surface area contributed by atoms with Gasteiger partial charge in [0.05, 0.1) is 5.70 Å². The summed E-state index contributed by atoms with van der Waals surface area (Å²) in [5.41, 5.74) is 7.40. The second kappa shape index (κ2) is 6.23. The van der Waals surface area contributed by atoms with Crippen molar-refractivity contribution in [3.05, 3.63) is 23.0 Å². The largest absolute Gasteiger partial charge is 0.397 e. The van der Waals surface area contributed by atoms with Gasteiger partial charge in [-0.25, -0.2) is 0 Å². The summed E-state index contributed by atoms with van der Waals surface area (Å²) in [6.07, 6.45) is 3.82. The lowest BCUT2D eigenvalue weighted by molar-refractivity contribution is -0.128. The van der Waals surface area contributed by atoms with Crippen molar-refractivity contribution in [2.75, 3.05) is 13.6 Å². The second-order valence-electron chi connectivity index (χ2n) is 4.43. The molecule has 0 bridgehead atoms. The van der Waals surface area contributed by atoms with Crippen molar-refractivity contribution in [3.63, 3.8) is 0 Å². The zero-order valence-electron chi connectivity index (χ0n) is 11.2. The summed E-state index contributed by atoms with van der Waals surface area (Å²) >= 11 is 0. The van der Waals surface area contributed by atoms with Crippen LogP contribution < -0.4 is 11.1 Å². The molecular weight excluding hydrogens is 230 g/mol. The van der Waals surface area contributed by atoms with Crippen molar-refractivity contribution >= 4 is 11.8 Å². The Balaban J connectivity index is 3.04. The first-order chi connectivity index (χ1) is 8.49. The van der Waals surface area contributed by atoms with Gasteiger partial charge in [0.2, 0.25) is 5.91 Å². The van der Waals surface area contributed by atoms with Gasteiger partial charge in [-0.3, -0.25) is 9.59 Å². The SMILES string of the molecule is CCCC1=CC(N)=C(C(=O)N(C)CC)NC(=O)C1. The molecule has 0 aliphatic carbocycles. The van der Waals surface area contributed by atoms with Gasteiger partial charge in [-0.15, -0.1) is 0 Å². The Hall–Kier alpha value is -1.78. The molecule has 1 heterocycles. The molecule has 0 aromatic heterocycles. The standard InChI is InChI=1S/C13H21N3O2/c1-4-6-9-7-10(14)12(15-11(17)8-9)13(18)16(3)5-2/h7H,4-6,8,14H2,1-3H3,(H,15,17). The van der Waals surface area contributed by atoms with Crippen molar-refractivity contribution in [1.82, 2.24) is 10.2 Å². The molecule has 0 aromatic rings. The molecule has 0 atom stereocenters. The third-order valence-corrected chi connectivity index (χ3v) is 2.91. The maximum absolute atomic E-state index is 12.0. The van der Waals surface area contributed by atoms with E-state index in [4.69, 9.17) is 5.73 Å². The summed E-state index contributed by atoms with van der Waals surface area (Å²) < 4.78 is 0. The van der Waals surface area contributed by atoms with E-state index in [1.165, 1.54) is 4.90 Å². The summed E-state index contributed by atoms with van der Waals surface area (Å²) in [6, 6.07) is 0. The third-order valence-electron chi connectivity index (χ3n) is 2.91. The van der Waals surface area contributed by atoms with Crippen molar-refractivity contribution in [2.24, 2.45) is 5.73 Å². The van der Waals surface area contributed by atoms with Gasteiger partial charge < -0.3 is 16.0 Å². The van der Waals surface area contributed by atoms with Crippen LogP contribution in [-0.2, 0) is 9.59 Å². The van der Waals surface area contributed by atoms with E-state index in [0.29, 0.717) is 18.7 Å². The molecule has 0 radical (unpaired) electrons. The van der Waals surface area contributed by atoms with Crippen molar-refractivity contribution in [1.29, 1.82) is 0 Å². The molecule has 0 unspecified atom stereocenters. The fourth-order valence-corrected chi connectivity index (χ4v) is 1.80. The fraction of sp³-hybridized carbons (Fsp3) is 0.538. The van der Waals surface area contributed by atoms with E-state index in [-0.39, 0.29) is 17.5 Å². The van der Waals surface area contributed by atoms with E-state index in [2.05, 4.69) is 5.32 Å². The molecule has 0 spiro atoms. The highest BCUT2D eigenvalue weighted by Crippen LogP contribution is 2.17. The van der Waals surface area contributed by atoms with Crippen LogP contribution in [0.3, 0.4) is 0 Å². The number of carbonyl (C=O) groups is 2. The highest BCUT2D eigenvalue weighted by atomic mass is 16.2. The van der Waals surface area contributed by atoms with Gasteiger partial charge in [0, 0.05) is 20.0 Å². The molecular formula is C13H21N3O2. The Kier molecular flexibility index (Phi) is 4.95. The Bertz CT molecular complexity index is 410. The number of allylic oxidation sites excluding steroid dienone is 1. The van der Waals surface area contributed by atoms with Crippen LogP contribution in [0, 0.1) is 0 Å². The van der Waals surface area contributed by atoms with Gasteiger partial charge in [0.1, 0.15) is 5.70 Å². The first-order valence-electron chi connectivity index (χ1n) is 6.24. The molecule has 1 rings (SSSR count). The van der Waals surface area contributed by atoms with Gasteiger partial charge >= 0.3 is 0 Å². The van der Waals surface area contributed by atoms with E-state index in [1.54, 1.807) is 13.1 Å². The highest BCUT2D eigenvalue weighted by Gasteiger charge is 2.22. The molecule has 100 valence electrons. The second-order valence-corrected chi connectivity index (χ2v) is 4.43. The minimum absolute atomic E-state index is 0.178. The van der Waals surface area contributed by atoms with Crippen LogP contribution in [0.5, 0.6) is 0 Å². The Labute approximate surface area is 108 Å². The fourth-order valence-electron chi connectivity index (χ4n) is 1.80. The summed E-state index contributed by atoms with van der Waals surface area (Å²) in [5.74, 6) is -0.430. The van der Waals surface area contributed by atoms with Gasteiger partial charge in [0.25, 0.3) is 5.91 Å². The lowest BCUT2D eigenvalue weighted by Crippen LogP contribution is -2.37. The molecule has 1 aliphatic rings. The highest BCUT2D eigenvalue weighted by molar-refractivity contribution is 5.99. The molecule has 0 fully saturated rings. The summed E-state index contributed by atoms with van der Waals surface area (Å²) in [6.45, 7) is 4.48. The van der Waals surface area contributed by atoms with Crippen molar-refractivity contribution in [2.45, 2.75) is 33.1 Å². The van der Waals surface area contributed by atoms with Crippen LogP contribution in [0.25, 0.3) is 0 Å². The number of nitrogens with two attached hydrogens (primary N) is 1. The van der Waals surface area contributed by atoms with Gasteiger partial charge in [-0.1, -0.05) is 18.9 Å². The van der Waals surface area contributed by atoms with Crippen LogP contribution in [0.15, 0.2) is 23.0 Å². The molecule has 18 heavy (non-hydrogen) atoms. The van der Waals surface area contributed by atoms with Gasteiger partial charge in [-0.05, 0) is 19.4 Å². The van der Waals surface area contributed by atoms with Crippen molar-refractivity contribution in [3.8, 4) is 0 Å². The smallest absolute Gasteiger partial charge is 0.272 e. The number of nitrogens with zero attached hydrogens (tertiary/aromatic N) is 1. The Morgan fingerprint density at radius 3 is 2.72 bits per heavy atom.